The number of rotatable bonds is 1. The standard InChI is InChI=1S/C12H14N4OS/c1-6-4-5-8-9(7(6)2)14-11(17)10(8)15-16-12(18)13-3/h4-5,14,17H,1-3H3,(H,13,18). The highest BCUT2D eigenvalue weighted by Gasteiger charge is 2.12. The molecule has 5 nitrogen and oxygen atoms in total. The Labute approximate surface area is 110 Å². The van der Waals surface area contributed by atoms with Crippen molar-refractivity contribution in [2.24, 2.45) is 10.2 Å². The minimum atomic E-state index is 0.00125. The molecule has 0 fully saturated rings. The fourth-order valence-corrected chi connectivity index (χ4v) is 1.77. The maximum Gasteiger partial charge on any atom is 0.218 e. The van der Waals surface area contributed by atoms with Gasteiger partial charge in [-0.1, -0.05) is 12.1 Å². The van der Waals surface area contributed by atoms with Crippen molar-refractivity contribution in [1.29, 1.82) is 0 Å². The van der Waals surface area contributed by atoms with Crippen LogP contribution in [0.15, 0.2) is 22.4 Å². The zero-order valence-electron chi connectivity index (χ0n) is 10.4. The normalized spacial score (nSPS) is 11.3. The van der Waals surface area contributed by atoms with E-state index in [0.29, 0.717) is 5.69 Å². The monoisotopic (exact) mass is 262 g/mol. The van der Waals surface area contributed by atoms with E-state index in [-0.39, 0.29) is 11.0 Å². The van der Waals surface area contributed by atoms with Crippen LogP contribution in [0.3, 0.4) is 0 Å². The highest BCUT2D eigenvalue weighted by atomic mass is 32.1. The van der Waals surface area contributed by atoms with Crippen molar-refractivity contribution in [1.82, 2.24) is 10.3 Å². The number of nitrogens with zero attached hydrogens (tertiary/aromatic N) is 2. The highest BCUT2D eigenvalue weighted by molar-refractivity contribution is 7.80. The van der Waals surface area contributed by atoms with Crippen LogP contribution >= 0.6 is 12.2 Å². The number of azo groups is 1. The fraction of sp³-hybridized carbons (Fsp3) is 0.250. The summed E-state index contributed by atoms with van der Waals surface area (Å²) in [6.45, 7) is 4.01. The number of aryl methyl sites for hydroxylation is 2. The number of hydrogen-bond donors (Lipinski definition) is 3. The molecule has 0 aliphatic heterocycles. The zero-order chi connectivity index (χ0) is 13.3. The molecule has 6 heteroatoms. The third-order valence-electron chi connectivity index (χ3n) is 2.91. The van der Waals surface area contributed by atoms with Crippen molar-refractivity contribution in [2.45, 2.75) is 13.8 Å². The zero-order valence-corrected chi connectivity index (χ0v) is 11.2. The molecule has 0 amide bonds. The molecule has 0 atom stereocenters. The van der Waals surface area contributed by atoms with Gasteiger partial charge in [0, 0.05) is 12.4 Å². The van der Waals surface area contributed by atoms with Crippen molar-refractivity contribution < 1.29 is 5.11 Å². The summed E-state index contributed by atoms with van der Waals surface area (Å²) >= 11 is 4.88. The van der Waals surface area contributed by atoms with Gasteiger partial charge < -0.3 is 15.4 Å². The van der Waals surface area contributed by atoms with E-state index in [1.807, 2.05) is 26.0 Å². The van der Waals surface area contributed by atoms with Gasteiger partial charge in [-0.25, -0.2) is 0 Å². The number of benzene rings is 1. The predicted molar refractivity (Wildman–Crippen MR) is 75.6 cm³/mol. The average molecular weight is 262 g/mol. The highest BCUT2D eigenvalue weighted by Crippen LogP contribution is 2.37. The molecule has 0 aliphatic rings. The Morgan fingerprint density at radius 2 is 2.11 bits per heavy atom. The molecule has 0 unspecified atom stereocenters. The van der Waals surface area contributed by atoms with Crippen LogP contribution in [-0.2, 0) is 0 Å². The van der Waals surface area contributed by atoms with Crippen LogP contribution in [0.25, 0.3) is 10.9 Å². The maximum absolute atomic E-state index is 9.86. The Morgan fingerprint density at radius 1 is 1.39 bits per heavy atom. The van der Waals surface area contributed by atoms with Crippen molar-refractivity contribution in [2.75, 3.05) is 7.05 Å². The molecule has 1 aromatic heterocycles. The average Bonchev–Trinajstić information content (AvgIpc) is 2.68. The molecule has 0 bridgehead atoms. The lowest BCUT2D eigenvalue weighted by Crippen LogP contribution is -2.11. The third kappa shape index (κ3) is 2.06. The molecule has 1 aromatic carbocycles. The summed E-state index contributed by atoms with van der Waals surface area (Å²) in [6, 6.07) is 3.89. The van der Waals surface area contributed by atoms with Crippen LogP contribution in [0.4, 0.5) is 5.69 Å². The predicted octanol–water partition coefficient (Wildman–Crippen LogP) is 3.08. The van der Waals surface area contributed by atoms with Crippen LogP contribution in [0.1, 0.15) is 11.1 Å². The van der Waals surface area contributed by atoms with Gasteiger partial charge in [-0.05, 0) is 37.2 Å². The number of aromatic amines is 1. The smallest absolute Gasteiger partial charge is 0.218 e. The molecule has 0 spiro atoms. The second-order valence-electron chi connectivity index (χ2n) is 4.01. The molecular weight excluding hydrogens is 248 g/mol. The first-order valence-corrected chi connectivity index (χ1v) is 5.89. The van der Waals surface area contributed by atoms with Gasteiger partial charge in [0.05, 0.1) is 5.52 Å². The van der Waals surface area contributed by atoms with Gasteiger partial charge in [-0.3, -0.25) is 0 Å². The molecule has 0 saturated carbocycles. The molecule has 1 heterocycles. The summed E-state index contributed by atoms with van der Waals surface area (Å²) in [5, 5.41) is 21.4. The number of aromatic nitrogens is 1. The van der Waals surface area contributed by atoms with E-state index in [0.717, 1.165) is 22.0 Å². The molecule has 94 valence electrons. The lowest BCUT2D eigenvalue weighted by Gasteiger charge is -2.00. The Balaban J connectivity index is 2.58. The molecule has 3 N–H and O–H groups in total. The molecular formula is C12H14N4OS. The Hall–Kier alpha value is -1.95. The van der Waals surface area contributed by atoms with E-state index in [1.165, 1.54) is 0 Å². The van der Waals surface area contributed by atoms with Crippen LogP contribution in [0.5, 0.6) is 5.88 Å². The number of thiocarbonyl (C=S) groups is 1. The summed E-state index contributed by atoms with van der Waals surface area (Å²) in [4.78, 5) is 2.92. The van der Waals surface area contributed by atoms with Crippen molar-refractivity contribution >= 4 is 33.9 Å². The second kappa shape index (κ2) is 4.73. The van der Waals surface area contributed by atoms with E-state index in [1.54, 1.807) is 7.05 Å². The van der Waals surface area contributed by atoms with Gasteiger partial charge in [0.15, 0.2) is 5.69 Å². The quantitative estimate of drug-likeness (QED) is 0.546. The van der Waals surface area contributed by atoms with Gasteiger partial charge in [0.25, 0.3) is 0 Å². The largest absolute Gasteiger partial charge is 0.493 e. The minimum absolute atomic E-state index is 0.00125. The van der Waals surface area contributed by atoms with Gasteiger partial charge >= 0.3 is 0 Å². The van der Waals surface area contributed by atoms with Crippen LogP contribution in [0, 0.1) is 13.8 Å². The van der Waals surface area contributed by atoms with E-state index >= 15 is 0 Å². The Kier molecular flexibility index (Phi) is 3.29. The lowest BCUT2D eigenvalue weighted by molar-refractivity contribution is 0.459. The number of H-pyrrole nitrogens is 1. The van der Waals surface area contributed by atoms with E-state index < -0.39 is 0 Å². The maximum atomic E-state index is 9.86. The molecule has 18 heavy (non-hydrogen) atoms. The Morgan fingerprint density at radius 3 is 2.78 bits per heavy atom. The number of fused-ring (bicyclic) bond motifs is 1. The van der Waals surface area contributed by atoms with Gasteiger partial charge in [0.1, 0.15) is 0 Å². The van der Waals surface area contributed by atoms with Crippen LogP contribution < -0.4 is 5.32 Å². The summed E-state index contributed by atoms with van der Waals surface area (Å²) in [7, 11) is 1.67. The third-order valence-corrected chi connectivity index (χ3v) is 3.20. The minimum Gasteiger partial charge on any atom is -0.493 e. The summed E-state index contributed by atoms with van der Waals surface area (Å²) < 4.78 is 0. The SMILES string of the molecule is CNC(=S)N=Nc1c(O)[nH]c2c(C)c(C)ccc12. The summed E-state index contributed by atoms with van der Waals surface area (Å²) in [6.07, 6.45) is 0. The van der Waals surface area contributed by atoms with Crippen LogP contribution in [0.2, 0.25) is 0 Å². The Bertz CT molecular complexity index is 645. The number of hydrogen-bond acceptors (Lipinski definition) is 3. The number of aromatic hydroxyl groups is 1. The van der Waals surface area contributed by atoms with E-state index in [4.69, 9.17) is 12.2 Å². The van der Waals surface area contributed by atoms with Gasteiger partial charge in [-0.2, -0.15) is 0 Å². The summed E-state index contributed by atoms with van der Waals surface area (Å²) in [5.41, 5.74) is 3.51. The van der Waals surface area contributed by atoms with Crippen LogP contribution in [-0.4, -0.2) is 22.3 Å². The van der Waals surface area contributed by atoms with E-state index in [9.17, 15) is 5.11 Å². The van der Waals surface area contributed by atoms with E-state index in [2.05, 4.69) is 20.5 Å². The first-order chi connectivity index (χ1) is 8.54. The first kappa shape index (κ1) is 12.5. The molecule has 0 radical (unpaired) electrons. The van der Waals surface area contributed by atoms with Crippen molar-refractivity contribution in [3.8, 4) is 5.88 Å². The molecule has 0 saturated heterocycles. The van der Waals surface area contributed by atoms with Gasteiger partial charge in [0.2, 0.25) is 11.0 Å². The van der Waals surface area contributed by atoms with Gasteiger partial charge in [-0.15, -0.1) is 10.2 Å². The fourth-order valence-electron chi connectivity index (χ4n) is 1.73. The topological polar surface area (TPSA) is 72.8 Å². The summed E-state index contributed by atoms with van der Waals surface area (Å²) in [5.74, 6) is 0.00125. The molecule has 2 aromatic rings. The first-order valence-electron chi connectivity index (χ1n) is 5.49. The molecule has 0 aliphatic carbocycles. The second-order valence-corrected chi connectivity index (χ2v) is 4.39. The molecule has 2 rings (SSSR count). The number of nitrogens with one attached hydrogen (secondary N) is 2. The van der Waals surface area contributed by atoms with Crippen molar-refractivity contribution in [3.63, 3.8) is 0 Å². The van der Waals surface area contributed by atoms with Crippen molar-refractivity contribution in [3.05, 3.63) is 23.3 Å². The lowest BCUT2D eigenvalue weighted by atomic mass is 10.1.